The Bertz CT molecular complexity index is 363. The lowest BCUT2D eigenvalue weighted by Gasteiger charge is -2.38. The predicted octanol–water partition coefficient (Wildman–Crippen LogP) is 3.47. The normalized spacial score (nSPS) is 23.1. The van der Waals surface area contributed by atoms with Gasteiger partial charge in [-0.25, -0.2) is 0 Å². The van der Waals surface area contributed by atoms with E-state index in [2.05, 4.69) is 54.5 Å². The minimum atomic E-state index is 0.699. The molecule has 0 aliphatic heterocycles. The molecule has 0 heterocycles. The molecule has 1 aliphatic rings. The number of benzene rings is 1. The van der Waals surface area contributed by atoms with Crippen molar-refractivity contribution in [1.29, 1.82) is 0 Å². The Morgan fingerprint density at radius 1 is 1.15 bits per heavy atom. The second-order valence-electron chi connectivity index (χ2n) is 6.13. The number of hydrogen-bond acceptors (Lipinski definition) is 2. The minimum absolute atomic E-state index is 0.699. The average molecular weight is 274 g/mol. The van der Waals surface area contributed by atoms with Crippen molar-refractivity contribution < 1.29 is 0 Å². The van der Waals surface area contributed by atoms with E-state index in [0.29, 0.717) is 6.04 Å². The van der Waals surface area contributed by atoms with Crippen LogP contribution in [0.25, 0.3) is 0 Å². The molecule has 2 nitrogen and oxygen atoms in total. The van der Waals surface area contributed by atoms with Crippen LogP contribution in [0, 0.1) is 0 Å². The fraction of sp³-hybridized carbons (Fsp3) is 0.667. The Morgan fingerprint density at radius 3 is 2.65 bits per heavy atom. The lowest BCUT2D eigenvalue weighted by molar-refractivity contribution is 0.151. The van der Waals surface area contributed by atoms with Gasteiger partial charge in [0.25, 0.3) is 0 Å². The Hall–Kier alpha value is -0.860. The highest BCUT2D eigenvalue weighted by Gasteiger charge is 2.27. The van der Waals surface area contributed by atoms with Crippen LogP contribution < -0.4 is 5.32 Å². The summed E-state index contributed by atoms with van der Waals surface area (Å²) in [7, 11) is 2.31. The van der Waals surface area contributed by atoms with Crippen LogP contribution in [0.5, 0.6) is 0 Å². The Morgan fingerprint density at radius 2 is 1.90 bits per heavy atom. The smallest absolute Gasteiger partial charge is 0.0246 e. The molecule has 1 aromatic carbocycles. The highest BCUT2D eigenvalue weighted by molar-refractivity contribution is 5.14. The van der Waals surface area contributed by atoms with E-state index in [0.717, 1.165) is 19.0 Å². The molecule has 2 rings (SSSR count). The van der Waals surface area contributed by atoms with Gasteiger partial charge in [-0.15, -0.1) is 0 Å². The van der Waals surface area contributed by atoms with E-state index < -0.39 is 0 Å². The lowest BCUT2D eigenvalue weighted by Crippen LogP contribution is -2.51. The monoisotopic (exact) mass is 274 g/mol. The fourth-order valence-electron chi connectivity index (χ4n) is 3.32. The van der Waals surface area contributed by atoms with Crippen LogP contribution in [0.2, 0.25) is 0 Å². The first-order valence-corrected chi connectivity index (χ1v) is 8.29. The quantitative estimate of drug-likeness (QED) is 0.819. The highest BCUT2D eigenvalue weighted by Crippen LogP contribution is 2.22. The maximum absolute atomic E-state index is 3.76. The van der Waals surface area contributed by atoms with Crippen molar-refractivity contribution in [2.24, 2.45) is 0 Å². The second-order valence-corrected chi connectivity index (χ2v) is 6.13. The summed E-state index contributed by atoms with van der Waals surface area (Å²) in [6.07, 6.45) is 7.88. The Labute approximate surface area is 124 Å². The summed E-state index contributed by atoms with van der Waals surface area (Å²) >= 11 is 0. The molecule has 0 bridgehead atoms. The van der Waals surface area contributed by atoms with Crippen LogP contribution in [0.4, 0.5) is 0 Å². The van der Waals surface area contributed by atoms with Gasteiger partial charge in [-0.05, 0) is 44.8 Å². The summed E-state index contributed by atoms with van der Waals surface area (Å²) in [6, 6.07) is 12.3. The van der Waals surface area contributed by atoms with E-state index in [1.807, 2.05) is 0 Å². The average Bonchev–Trinajstić information content (AvgIpc) is 2.52. The van der Waals surface area contributed by atoms with Crippen molar-refractivity contribution in [3.63, 3.8) is 0 Å². The van der Waals surface area contributed by atoms with Gasteiger partial charge in [-0.2, -0.15) is 0 Å². The summed E-state index contributed by atoms with van der Waals surface area (Å²) in [4.78, 5) is 2.58. The molecule has 2 atom stereocenters. The summed E-state index contributed by atoms with van der Waals surface area (Å²) < 4.78 is 0. The largest absolute Gasteiger partial charge is 0.312 e. The Balaban J connectivity index is 1.84. The molecular formula is C18H30N2. The maximum atomic E-state index is 3.76. The minimum Gasteiger partial charge on any atom is -0.312 e. The molecule has 112 valence electrons. The van der Waals surface area contributed by atoms with E-state index >= 15 is 0 Å². The van der Waals surface area contributed by atoms with Gasteiger partial charge < -0.3 is 10.2 Å². The van der Waals surface area contributed by atoms with Crippen molar-refractivity contribution in [3.8, 4) is 0 Å². The number of rotatable bonds is 7. The standard InChI is InChI=1S/C18H30N2/c1-3-14-19-17-11-7-8-12-18(17)20(2)15-13-16-9-5-4-6-10-16/h4-6,9-10,17-19H,3,7-8,11-15H2,1-2H3. The summed E-state index contributed by atoms with van der Waals surface area (Å²) in [5.41, 5.74) is 1.45. The number of nitrogens with one attached hydrogen (secondary N) is 1. The zero-order chi connectivity index (χ0) is 14.2. The van der Waals surface area contributed by atoms with Gasteiger partial charge in [0.15, 0.2) is 0 Å². The van der Waals surface area contributed by atoms with Gasteiger partial charge in [0, 0.05) is 18.6 Å². The first kappa shape index (κ1) is 15.5. The predicted molar refractivity (Wildman–Crippen MR) is 87.1 cm³/mol. The number of hydrogen-bond donors (Lipinski definition) is 1. The molecule has 1 aromatic rings. The first-order valence-electron chi connectivity index (χ1n) is 8.29. The number of likely N-dealkylation sites (N-methyl/N-ethyl adjacent to an activating group) is 1. The van der Waals surface area contributed by atoms with Crippen LogP contribution >= 0.6 is 0 Å². The van der Waals surface area contributed by atoms with E-state index in [1.165, 1.54) is 44.2 Å². The third-order valence-corrected chi connectivity index (χ3v) is 4.55. The van der Waals surface area contributed by atoms with Gasteiger partial charge in [0.05, 0.1) is 0 Å². The molecule has 0 spiro atoms. The van der Waals surface area contributed by atoms with Crippen molar-refractivity contribution in [3.05, 3.63) is 35.9 Å². The van der Waals surface area contributed by atoms with Crippen molar-refractivity contribution in [2.75, 3.05) is 20.1 Å². The van der Waals surface area contributed by atoms with Crippen molar-refractivity contribution in [1.82, 2.24) is 10.2 Å². The molecule has 1 fully saturated rings. The molecule has 0 saturated heterocycles. The van der Waals surface area contributed by atoms with E-state index in [9.17, 15) is 0 Å². The Kier molecular flexibility index (Phi) is 6.55. The van der Waals surface area contributed by atoms with Crippen molar-refractivity contribution in [2.45, 2.75) is 57.5 Å². The van der Waals surface area contributed by atoms with Gasteiger partial charge in [-0.1, -0.05) is 50.1 Å². The molecule has 0 aromatic heterocycles. The van der Waals surface area contributed by atoms with Crippen LogP contribution in [0.15, 0.2) is 30.3 Å². The van der Waals surface area contributed by atoms with Crippen LogP contribution in [-0.2, 0) is 6.42 Å². The van der Waals surface area contributed by atoms with Gasteiger partial charge >= 0.3 is 0 Å². The molecule has 1 saturated carbocycles. The third kappa shape index (κ3) is 4.60. The first-order chi connectivity index (χ1) is 9.81. The lowest BCUT2D eigenvalue weighted by atomic mass is 9.89. The molecule has 0 radical (unpaired) electrons. The summed E-state index contributed by atoms with van der Waals surface area (Å²) in [6.45, 7) is 4.58. The van der Waals surface area contributed by atoms with Crippen LogP contribution in [0.1, 0.15) is 44.6 Å². The van der Waals surface area contributed by atoms with Gasteiger partial charge in [0.2, 0.25) is 0 Å². The van der Waals surface area contributed by atoms with E-state index in [4.69, 9.17) is 0 Å². The SMILES string of the molecule is CCCNC1CCCCC1N(C)CCc1ccccc1. The van der Waals surface area contributed by atoms with Crippen molar-refractivity contribution >= 4 is 0 Å². The van der Waals surface area contributed by atoms with Gasteiger partial charge in [-0.3, -0.25) is 0 Å². The zero-order valence-corrected chi connectivity index (χ0v) is 13.1. The van der Waals surface area contributed by atoms with Crippen LogP contribution in [0.3, 0.4) is 0 Å². The number of nitrogens with zero attached hydrogens (tertiary/aromatic N) is 1. The maximum Gasteiger partial charge on any atom is 0.0246 e. The fourth-order valence-corrected chi connectivity index (χ4v) is 3.32. The molecule has 0 amide bonds. The van der Waals surface area contributed by atoms with E-state index in [-0.39, 0.29) is 0 Å². The molecule has 2 unspecified atom stereocenters. The van der Waals surface area contributed by atoms with Crippen LogP contribution in [-0.4, -0.2) is 37.1 Å². The molecule has 2 heteroatoms. The molecule has 20 heavy (non-hydrogen) atoms. The zero-order valence-electron chi connectivity index (χ0n) is 13.1. The van der Waals surface area contributed by atoms with Gasteiger partial charge in [0.1, 0.15) is 0 Å². The summed E-state index contributed by atoms with van der Waals surface area (Å²) in [5.74, 6) is 0. The molecular weight excluding hydrogens is 244 g/mol. The second kappa shape index (κ2) is 8.43. The topological polar surface area (TPSA) is 15.3 Å². The molecule has 1 N–H and O–H groups in total. The highest BCUT2D eigenvalue weighted by atomic mass is 15.2. The third-order valence-electron chi connectivity index (χ3n) is 4.55. The van der Waals surface area contributed by atoms with E-state index in [1.54, 1.807) is 0 Å². The summed E-state index contributed by atoms with van der Waals surface area (Å²) in [5, 5.41) is 3.76. The molecule has 1 aliphatic carbocycles.